The molecule has 98 valence electrons. The lowest BCUT2D eigenvalue weighted by molar-refractivity contribution is -0.385. The molecule has 1 heterocycles. The molecule has 0 aliphatic rings. The molecular weight excluding hydrogens is 252 g/mol. The average Bonchev–Trinajstić information content (AvgIpc) is 2.88. The normalized spacial score (nSPS) is 10.2. The van der Waals surface area contributed by atoms with Crippen LogP contribution in [0.3, 0.4) is 0 Å². The summed E-state index contributed by atoms with van der Waals surface area (Å²) >= 11 is 0. The predicted octanol–water partition coefficient (Wildman–Crippen LogP) is 0.346. The van der Waals surface area contributed by atoms with Gasteiger partial charge in [0.15, 0.2) is 5.82 Å². The molecule has 0 saturated carbocycles. The van der Waals surface area contributed by atoms with Gasteiger partial charge in [-0.1, -0.05) is 11.3 Å². The van der Waals surface area contributed by atoms with E-state index in [1.807, 2.05) is 0 Å². The van der Waals surface area contributed by atoms with E-state index >= 15 is 0 Å². The van der Waals surface area contributed by atoms with Crippen molar-refractivity contribution in [1.29, 1.82) is 0 Å². The first-order chi connectivity index (χ1) is 9.08. The Bertz CT molecular complexity index is 610. The molecule has 1 amide bonds. The second-order valence-electron chi connectivity index (χ2n) is 3.79. The average molecular weight is 262 g/mol. The van der Waals surface area contributed by atoms with Crippen molar-refractivity contribution in [2.24, 2.45) is 0 Å². The number of rotatable bonds is 4. The summed E-state index contributed by atoms with van der Waals surface area (Å²) < 4.78 is 0. The van der Waals surface area contributed by atoms with Gasteiger partial charge in [-0.05, 0) is 18.6 Å². The lowest BCUT2D eigenvalue weighted by Gasteiger charge is -2.04. The van der Waals surface area contributed by atoms with Crippen molar-refractivity contribution >= 4 is 11.6 Å². The van der Waals surface area contributed by atoms with Crippen molar-refractivity contribution in [2.45, 2.75) is 13.5 Å². The minimum absolute atomic E-state index is 0.00787. The van der Waals surface area contributed by atoms with Gasteiger partial charge in [-0.25, -0.2) is 0 Å². The van der Waals surface area contributed by atoms with Crippen molar-refractivity contribution in [3.05, 3.63) is 45.3 Å². The highest BCUT2D eigenvalue weighted by molar-refractivity contribution is 5.98. The topological polar surface area (TPSA) is 127 Å². The van der Waals surface area contributed by atoms with E-state index in [4.69, 9.17) is 0 Å². The van der Waals surface area contributed by atoms with Gasteiger partial charge in [0.1, 0.15) is 5.56 Å². The highest BCUT2D eigenvalue weighted by Crippen LogP contribution is 2.19. The number of H-pyrrole nitrogens is 1. The van der Waals surface area contributed by atoms with Crippen molar-refractivity contribution in [1.82, 2.24) is 25.9 Å². The molecular formula is C10H10N6O3. The maximum absolute atomic E-state index is 11.9. The zero-order valence-corrected chi connectivity index (χ0v) is 9.95. The van der Waals surface area contributed by atoms with E-state index in [-0.39, 0.29) is 17.8 Å². The van der Waals surface area contributed by atoms with Gasteiger partial charge < -0.3 is 5.32 Å². The van der Waals surface area contributed by atoms with E-state index in [2.05, 4.69) is 25.9 Å². The van der Waals surface area contributed by atoms with Crippen molar-refractivity contribution < 1.29 is 9.72 Å². The van der Waals surface area contributed by atoms with Crippen LogP contribution < -0.4 is 5.32 Å². The van der Waals surface area contributed by atoms with E-state index in [0.717, 1.165) is 5.56 Å². The molecule has 0 atom stereocenters. The lowest BCUT2D eigenvalue weighted by atomic mass is 10.1. The number of aromatic amines is 1. The summed E-state index contributed by atoms with van der Waals surface area (Å²) in [6.45, 7) is 1.79. The van der Waals surface area contributed by atoms with Gasteiger partial charge in [0, 0.05) is 6.07 Å². The van der Waals surface area contributed by atoms with Gasteiger partial charge in [0.2, 0.25) is 0 Å². The summed E-state index contributed by atoms with van der Waals surface area (Å²) in [5.74, 6) is -0.260. The molecule has 2 N–H and O–H groups in total. The van der Waals surface area contributed by atoms with Crippen LogP contribution in [0.5, 0.6) is 0 Å². The van der Waals surface area contributed by atoms with Crippen LogP contribution in [-0.2, 0) is 6.54 Å². The monoisotopic (exact) mass is 262 g/mol. The van der Waals surface area contributed by atoms with Crippen molar-refractivity contribution in [2.75, 3.05) is 0 Å². The Morgan fingerprint density at radius 3 is 2.95 bits per heavy atom. The lowest BCUT2D eigenvalue weighted by Crippen LogP contribution is -2.24. The molecule has 2 rings (SSSR count). The number of aromatic nitrogens is 4. The number of aryl methyl sites for hydroxylation is 1. The van der Waals surface area contributed by atoms with E-state index in [9.17, 15) is 14.9 Å². The van der Waals surface area contributed by atoms with Crippen LogP contribution in [-0.4, -0.2) is 31.5 Å². The molecule has 0 spiro atoms. The van der Waals surface area contributed by atoms with E-state index in [1.54, 1.807) is 13.0 Å². The standard InChI is InChI=1S/C10H10N6O3/c1-6-2-3-8(16(18)19)7(4-6)10(17)11-5-9-12-14-15-13-9/h2-4H,5H2,1H3,(H,11,17)(H,12,13,14,15). The minimum Gasteiger partial charge on any atom is -0.344 e. The third kappa shape index (κ3) is 2.89. The minimum atomic E-state index is -0.595. The molecule has 1 aromatic carbocycles. The molecule has 0 saturated heterocycles. The number of amides is 1. The van der Waals surface area contributed by atoms with E-state index < -0.39 is 10.8 Å². The Morgan fingerprint density at radius 2 is 2.32 bits per heavy atom. The number of nitrogens with zero attached hydrogens (tertiary/aromatic N) is 4. The molecule has 0 aliphatic carbocycles. The Morgan fingerprint density at radius 1 is 1.53 bits per heavy atom. The number of nitro groups is 1. The van der Waals surface area contributed by atoms with Crippen LogP contribution in [0.2, 0.25) is 0 Å². The fourth-order valence-electron chi connectivity index (χ4n) is 1.50. The number of tetrazole rings is 1. The molecule has 2 aromatic rings. The van der Waals surface area contributed by atoms with Crippen LogP contribution in [0, 0.1) is 17.0 Å². The highest BCUT2D eigenvalue weighted by Gasteiger charge is 2.20. The van der Waals surface area contributed by atoms with Gasteiger partial charge in [0.05, 0.1) is 11.5 Å². The maximum atomic E-state index is 11.9. The van der Waals surface area contributed by atoms with Crippen LogP contribution in [0.25, 0.3) is 0 Å². The van der Waals surface area contributed by atoms with Crippen LogP contribution in [0.4, 0.5) is 5.69 Å². The Balaban J connectivity index is 2.18. The molecule has 0 bridgehead atoms. The largest absolute Gasteiger partial charge is 0.344 e. The van der Waals surface area contributed by atoms with E-state index in [0.29, 0.717) is 5.82 Å². The Hall–Kier alpha value is -2.84. The van der Waals surface area contributed by atoms with Gasteiger partial charge in [0.25, 0.3) is 11.6 Å². The summed E-state index contributed by atoms with van der Waals surface area (Å²) in [5.41, 5.74) is 0.528. The second-order valence-corrected chi connectivity index (χ2v) is 3.79. The van der Waals surface area contributed by atoms with Crippen LogP contribution >= 0.6 is 0 Å². The number of carbonyl (C=O) groups excluding carboxylic acids is 1. The fourth-order valence-corrected chi connectivity index (χ4v) is 1.50. The first-order valence-electron chi connectivity index (χ1n) is 5.33. The Kier molecular flexibility index (Phi) is 3.46. The van der Waals surface area contributed by atoms with Crippen LogP contribution in [0.15, 0.2) is 18.2 Å². The number of nitro benzene ring substituents is 1. The third-order valence-corrected chi connectivity index (χ3v) is 2.39. The molecule has 0 radical (unpaired) electrons. The molecule has 9 heteroatoms. The zero-order valence-electron chi connectivity index (χ0n) is 9.95. The second kappa shape index (κ2) is 5.21. The third-order valence-electron chi connectivity index (χ3n) is 2.39. The summed E-state index contributed by atoms with van der Waals surface area (Å²) in [6.07, 6.45) is 0. The molecule has 1 aromatic heterocycles. The smallest absolute Gasteiger partial charge is 0.282 e. The fraction of sp³-hybridized carbons (Fsp3) is 0.200. The van der Waals surface area contributed by atoms with Gasteiger partial charge >= 0.3 is 0 Å². The molecule has 9 nitrogen and oxygen atoms in total. The molecule has 0 unspecified atom stereocenters. The Labute approximate surface area is 107 Å². The number of carbonyl (C=O) groups is 1. The van der Waals surface area contributed by atoms with Gasteiger partial charge in [-0.3, -0.25) is 14.9 Å². The first-order valence-corrected chi connectivity index (χ1v) is 5.33. The number of hydrogen-bond acceptors (Lipinski definition) is 6. The summed E-state index contributed by atoms with van der Waals surface area (Å²) in [6, 6.07) is 4.34. The van der Waals surface area contributed by atoms with Crippen molar-refractivity contribution in [3.63, 3.8) is 0 Å². The zero-order chi connectivity index (χ0) is 13.8. The number of benzene rings is 1. The first kappa shape index (κ1) is 12.6. The highest BCUT2D eigenvalue weighted by atomic mass is 16.6. The van der Waals surface area contributed by atoms with Gasteiger partial charge in [-0.2, -0.15) is 5.21 Å². The van der Waals surface area contributed by atoms with Gasteiger partial charge in [-0.15, -0.1) is 10.2 Å². The number of hydrogen-bond donors (Lipinski definition) is 2. The SMILES string of the molecule is Cc1ccc([N+](=O)[O-])c(C(=O)NCc2nn[nH]n2)c1. The maximum Gasteiger partial charge on any atom is 0.282 e. The summed E-state index contributed by atoms with van der Waals surface area (Å²) in [7, 11) is 0. The molecule has 0 fully saturated rings. The summed E-state index contributed by atoms with van der Waals surface area (Å²) in [5, 5.41) is 26.3. The molecule has 0 aliphatic heterocycles. The number of nitrogens with one attached hydrogen (secondary N) is 2. The van der Waals surface area contributed by atoms with E-state index in [1.165, 1.54) is 12.1 Å². The quantitative estimate of drug-likeness (QED) is 0.604. The van der Waals surface area contributed by atoms with Crippen molar-refractivity contribution in [3.8, 4) is 0 Å². The molecule has 19 heavy (non-hydrogen) atoms. The summed E-state index contributed by atoms with van der Waals surface area (Å²) in [4.78, 5) is 22.2. The van der Waals surface area contributed by atoms with Crippen LogP contribution in [0.1, 0.15) is 21.7 Å². The predicted molar refractivity (Wildman–Crippen MR) is 63.2 cm³/mol.